The number of hydrogen-bond acceptors (Lipinski definition) is 4. The molecule has 38 heavy (non-hydrogen) atoms. The van der Waals surface area contributed by atoms with Crippen LogP contribution in [0.2, 0.25) is 0 Å². The highest BCUT2D eigenvalue weighted by Crippen LogP contribution is 2.52. The third-order valence-electron chi connectivity index (χ3n) is 7.66. The maximum Gasteiger partial charge on any atom is 0.433 e. The molecule has 0 bridgehead atoms. The van der Waals surface area contributed by atoms with E-state index in [2.05, 4.69) is 14.8 Å². The van der Waals surface area contributed by atoms with Crippen molar-refractivity contribution in [3.63, 3.8) is 0 Å². The van der Waals surface area contributed by atoms with Crippen molar-refractivity contribution in [2.75, 3.05) is 0 Å². The van der Waals surface area contributed by atoms with Crippen LogP contribution in [0.1, 0.15) is 50.1 Å². The lowest BCUT2D eigenvalue weighted by Gasteiger charge is -2.47. The van der Waals surface area contributed by atoms with E-state index < -0.39 is 23.1 Å². The van der Waals surface area contributed by atoms with Gasteiger partial charge in [-0.2, -0.15) is 13.2 Å². The van der Waals surface area contributed by atoms with Gasteiger partial charge in [-0.25, -0.2) is 19.2 Å². The van der Waals surface area contributed by atoms with Crippen molar-refractivity contribution >= 4 is 5.78 Å². The molecular formula is C29H24F4N4O. The molecule has 2 aliphatic rings. The van der Waals surface area contributed by atoms with Gasteiger partial charge >= 0.3 is 6.18 Å². The highest BCUT2D eigenvalue weighted by atomic mass is 19.4. The van der Waals surface area contributed by atoms with Crippen LogP contribution in [0, 0.1) is 24.2 Å². The number of nitrogens with zero attached hydrogens (tertiary/aromatic N) is 4. The van der Waals surface area contributed by atoms with Crippen LogP contribution < -0.4 is 0 Å². The van der Waals surface area contributed by atoms with Gasteiger partial charge in [0, 0.05) is 34.2 Å². The normalized spacial score (nSPS) is 22.8. The summed E-state index contributed by atoms with van der Waals surface area (Å²) in [5.74, 6) is -1.23. The Morgan fingerprint density at radius 3 is 2.63 bits per heavy atom. The van der Waals surface area contributed by atoms with E-state index in [4.69, 9.17) is 11.6 Å². The highest BCUT2D eigenvalue weighted by molar-refractivity contribution is 6.00. The van der Waals surface area contributed by atoms with Gasteiger partial charge in [-0.1, -0.05) is 38.5 Å². The number of pyridine rings is 1. The van der Waals surface area contributed by atoms with Gasteiger partial charge in [0.05, 0.1) is 18.0 Å². The first kappa shape index (κ1) is 25.7. The first-order valence-corrected chi connectivity index (χ1v) is 12.4. The molecule has 5 nitrogen and oxygen atoms in total. The topological polar surface area (TPSA) is 60.1 Å². The maximum atomic E-state index is 15.0. The molecule has 3 atom stereocenters. The molecule has 0 spiro atoms. The minimum absolute atomic E-state index is 0.00141. The zero-order valence-electron chi connectivity index (χ0n) is 20.8. The number of fused-ring (bicyclic) bond motifs is 3. The van der Waals surface area contributed by atoms with Crippen molar-refractivity contribution in [2.24, 2.45) is 11.8 Å². The van der Waals surface area contributed by atoms with E-state index in [9.17, 15) is 18.0 Å². The molecule has 2 heterocycles. The smallest absolute Gasteiger partial charge is 0.308 e. The molecule has 0 fully saturated rings. The van der Waals surface area contributed by atoms with Crippen LogP contribution in [0.3, 0.4) is 0 Å². The average molecular weight is 521 g/mol. The minimum atomic E-state index is -4.67. The first-order chi connectivity index (χ1) is 18.1. The lowest BCUT2D eigenvalue weighted by molar-refractivity contribution is -0.141. The van der Waals surface area contributed by atoms with Crippen LogP contribution in [0.5, 0.6) is 0 Å². The Kier molecular flexibility index (Phi) is 6.38. The Balaban J connectivity index is 1.81. The Labute approximate surface area is 217 Å². The number of halogens is 4. The third-order valence-corrected chi connectivity index (χ3v) is 7.66. The Morgan fingerprint density at radius 2 is 1.95 bits per heavy atom. The summed E-state index contributed by atoms with van der Waals surface area (Å²) in [4.78, 5) is 29.5. The van der Waals surface area contributed by atoms with E-state index in [1.807, 2.05) is 13.8 Å². The average Bonchev–Trinajstić information content (AvgIpc) is 2.90. The number of hydrogen-bond donors (Lipinski definition) is 0. The van der Waals surface area contributed by atoms with Crippen LogP contribution in [0.15, 0.2) is 54.4 Å². The number of benzene rings is 1. The summed E-state index contributed by atoms with van der Waals surface area (Å²) >= 11 is 0. The second-order valence-electron chi connectivity index (χ2n) is 9.96. The van der Waals surface area contributed by atoms with E-state index in [0.717, 1.165) is 18.7 Å². The molecule has 0 saturated carbocycles. The van der Waals surface area contributed by atoms with Gasteiger partial charge in [-0.15, -0.1) is 0 Å². The van der Waals surface area contributed by atoms with Crippen molar-refractivity contribution in [3.8, 4) is 22.6 Å². The molecule has 0 amide bonds. The fourth-order valence-electron chi connectivity index (χ4n) is 5.92. The fraction of sp³-hybridized carbons (Fsp3) is 0.345. The van der Waals surface area contributed by atoms with Gasteiger partial charge in [0.1, 0.15) is 11.5 Å². The molecular weight excluding hydrogens is 496 g/mol. The second kappa shape index (κ2) is 9.43. The third kappa shape index (κ3) is 4.18. The van der Waals surface area contributed by atoms with Crippen LogP contribution >= 0.6 is 0 Å². The largest absolute Gasteiger partial charge is 0.433 e. The Morgan fingerprint density at radius 1 is 1.18 bits per heavy atom. The van der Waals surface area contributed by atoms with Crippen molar-refractivity contribution in [2.45, 2.75) is 51.1 Å². The van der Waals surface area contributed by atoms with E-state index in [-0.39, 0.29) is 40.3 Å². The standard InChI is InChI=1S/C29H24F4N4O/c1-4-7-17-20-11-10-19-24(18-8-5-6-9-21(18)30)36-27(16-12-13-35-23(14-16)29(31,32)33)37-26(19)28(20,2)15-22(34-3)25(17)38/h5-6,8-9,12-15,17,20H,4,7,10-11H2,1-2H3/t17-,20-,28-/m1/s1. The molecule has 0 radical (unpaired) electrons. The summed E-state index contributed by atoms with van der Waals surface area (Å²) in [6.45, 7) is 11.5. The van der Waals surface area contributed by atoms with Gasteiger partial charge in [0.25, 0.3) is 0 Å². The SMILES string of the molecule is [C-]#[N+]C1=C[C@@]2(C)c3nc(-c4ccnc(C(F)(F)F)c4)nc(-c4ccccc4F)c3CC[C@@H]2[C@@H](CCC)C1=O. The maximum absolute atomic E-state index is 15.0. The highest BCUT2D eigenvalue weighted by Gasteiger charge is 2.50. The fourth-order valence-corrected chi connectivity index (χ4v) is 5.92. The Bertz CT molecular complexity index is 1510. The lowest BCUT2D eigenvalue weighted by Crippen LogP contribution is -2.47. The molecule has 1 aromatic carbocycles. The number of rotatable bonds is 4. The summed E-state index contributed by atoms with van der Waals surface area (Å²) in [5, 5.41) is 0. The molecule has 9 heteroatoms. The number of alkyl halides is 3. The number of carbonyl (C=O) groups is 1. The van der Waals surface area contributed by atoms with Crippen LogP contribution in [-0.2, 0) is 22.8 Å². The Hall–Kier alpha value is -3.93. The van der Waals surface area contributed by atoms with E-state index in [1.165, 1.54) is 12.1 Å². The molecule has 0 unspecified atom stereocenters. The molecule has 2 aliphatic carbocycles. The first-order valence-electron chi connectivity index (χ1n) is 12.4. The zero-order valence-corrected chi connectivity index (χ0v) is 20.8. The van der Waals surface area contributed by atoms with Crippen molar-refractivity contribution < 1.29 is 22.4 Å². The number of ketones is 1. The van der Waals surface area contributed by atoms with E-state index >= 15 is 4.39 Å². The van der Waals surface area contributed by atoms with Gasteiger partial charge in [0.2, 0.25) is 5.70 Å². The summed E-state index contributed by atoms with van der Waals surface area (Å²) in [6.07, 6.45) is 0.471. The molecule has 194 valence electrons. The van der Waals surface area contributed by atoms with Crippen molar-refractivity contribution in [3.05, 3.63) is 88.6 Å². The summed E-state index contributed by atoms with van der Waals surface area (Å²) in [6, 6.07) is 8.36. The minimum Gasteiger partial charge on any atom is -0.308 e. The second-order valence-corrected chi connectivity index (χ2v) is 9.96. The number of Topliss-reactive ketones (excluding diaryl/α,β-unsaturated/α-hetero) is 1. The van der Waals surface area contributed by atoms with Crippen LogP contribution in [-0.4, -0.2) is 20.7 Å². The van der Waals surface area contributed by atoms with Gasteiger partial charge in [0.15, 0.2) is 11.6 Å². The van der Waals surface area contributed by atoms with Gasteiger partial charge in [-0.3, -0.25) is 4.98 Å². The number of allylic oxidation sites excluding steroid dienone is 2. The van der Waals surface area contributed by atoms with Gasteiger partial charge in [-0.05, 0) is 49.4 Å². The van der Waals surface area contributed by atoms with Crippen molar-refractivity contribution in [1.82, 2.24) is 15.0 Å². The monoisotopic (exact) mass is 520 g/mol. The van der Waals surface area contributed by atoms with Crippen molar-refractivity contribution in [1.29, 1.82) is 0 Å². The predicted octanol–water partition coefficient (Wildman–Crippen LogP) is 6.99. The van der Waals surface area contributed by atoms with E-state index in [1.54, 1.807) is 24.3 Å². The molecule has 0 aliphatic heterocycles. The quantitative estimate of drug-likeness (QED) is 0.275. The molecule has 2 aromatic heterocycles. The predicted molar refractivity (Wildman–Crippen MR) is 133 cm³/mol. The summed E-state index contributed by atoms with van der Waals surface area (Å²) in [5.41, 5.74) is -0.130. The van der Waals surface area contributed by atoms with E-state index in [0.29, 0.717) is 36.2 Å². The zero-order chi connectivity index (χ0) is 27.2. The lowest BCUT2D eigenvalue weighted by atomic mass is 9.57. The number of aromatic nitrogens is 3. The summed E-state index contributed by atoms with van der Waals surface area (Å²) < 4.78 is 55.4. The molecule has 0 saturated heterocycles. The molecule has 3 aromatic rings. The molecule has 0 N–H and O–H groups in total. The van der Waals surface area contributed by atoms with Crippen LogP contribution in [0.25, 0.3) is 27.5 Å². The van der Waals surface area contributed by atoms with Crippen LogP contribution in [0.4, 0.5) is 17.6 Å². The number of carbonyl (C=O) groups excluding carboxylic acids is 1. The molecule has 5 rings (SSSR count). The van der Waals surface area contributed by atoms with Gasteiger partial charge < -0.3 is 4.79 Å². The summed E-state index contributed by atoms with van der Waals surface area (Å²) in [7, 11) is 0.